The van der Waals surface area contributed by atoms with Gasteiger partial charge in [0, 0.05) is 19.7 Å². The Balaban J connectivity index is 3.92. The Morgan fingerprint density at radius 2 is 2.00 bits per heavy atom. The van der Waals surface area contributed by atoms with Crippen LogP contribution in [0.15, 0.2) is 0 Å². The van der Waals surface area contributed by atoms with Crippen LogP contribution < -0.4 is 11.1 Å². The van der Waals surface area contributed by atoms with Crippen LogP contribution in [0.5, 0.6) is 0 Å². The third-order valence-corrected chi connectivity index (χ3v) is 2.66. The van der Waals surface area contributed by atoms with E-state index in [1.54, 1.807) is 0 Å². The van der Waals surface area contributed by atoms with E-state index in [1.165, 1.54) is 0 Å². The Morgan fingerprint density at radius 3 is 2.44 bits per heavy atom. The average Bonchev–Trinajstić information content (AvgIpc) is 2.22. The van der Waals surface area contributed by atoms with Gasteiger partial charge >= 0.3 is 0 Å². The monoisotopic (exact) mass is 230 g/mol. The molecule has 4 N–H and O–H groups in total. The minimum Gasteiger partial charge on any atom is -0.396 e. The average molecular weight is 230 g/mol. The third-order valence-electron chi connectivity index (χ3n) is 2.66. The number of nitrogens with one attached hydrogen (secondary N) is 1. The Bertz CT molecular complexity index is 195. The van der Waals surface area contributed by atoms with Crippen LogP contribution in [0.2, 0.25) is 0 Å². The minimum absolute atomic E-state index is 0.0426. The quantitative estimate of drug-likeness (QED) is 0.576. The Kier molecular flexibility index (Phi) is 8.21. The Hall–Kier alpha value is -0.610. The summed E-state index contributed by atoms with van der Waals surface area (Å²) in [6.07, 6.45) is 1.55. The van der Waals surface area contributed by atoms with Crippen LogP contribution in [0.1, 0.15) is 33.6 Å². The van der Waals surface area contributed by atoms with Crippen molar-refractivity contribution >= 4 is 5.91 Å². The second kappa shape index (κ2) is 8.53. The number of aliphatic hydroxyl groups is 1. The number of aliphatic hydroxyl groups excluding tert-OH is 1. The van der Waals surface area contributed by atoms with Gasteiger partial charge in [-0.05, 0) is 24.7 Å². The predicted molar refractivity (Wildman–Crippen MR) is 65.9 cm³/mol. The van der Waals surface area contributed by atoms with E-state index < -0.39 is 0 Å². The molecule has 0 aromatic carbocycles. The molecule has 0 saturated carbocycles. The van der Waals surface area contributed by atoms with E-state index in [2.05, 4.69) is 19.2 Å². The normalized spacial score (nSPS) is 14.9. The zero-order valence-electron chi connectivity index (χ0n) is 10.7. The van der Waals surface area contributed by atoms with Gasteiger partial charge < -0.3 is 16.2 Å². The first-order chi connectivity index (χ1) is 7.51. The van der Waals surface area contributed by atoms with Gasteiger partial charge in [0.25, 0.3) is 0 Å². The molecule has 0 spiro atoms. The van der Waals surface area contributed by atoms with E-state index in [-0.39, 0.29) is 18.4 Å². The van der Waals surface area contributed by atoms with Crippen molar-refractivity contribution in [1.29, 1.82) is 0 Å². The molecule has 0 bridgehead atoms. The van der Waals surface area contributed by atoms with E-state index in [0.29, 0.717) is 24.9 Å². The Labute approximate surface area is 98.6 Å². The van der Waals surface area contributed by atoms with Crippen LogP contribution in [0, 0.1) is 17.8 Å². The standard InChI is InChI=1S/C12H26N2O2/c1-9(2)6-11(7-13)12(16)14-8-10(3)4-5-15/h9-11,15H,4-8,13H2,1-3H3,(H,14,16). The van der Waals surface area contributed by atoms with Crippen molar-refractivity contribution in [2.24, 2.45) is 23.5 Å². The molecule has 0 radical (unpaired) electrons. The molecule has 16 heavy (non-hydrogen) atoms. The van der Waals surface area contributed by atoms with E-state index >= 15 is 0 Å². The number of amides is 1. The molecule has 0 saturated heterocycles. The lowest BCUT2D eigenvalue weighted by molar-refractivity contribution is -0.125. The number of carbonyl (C=O) groups excluding carboxylic acids is 1. The molecule has 4 heteroatoms. The van der Waals surface area contributed by atoms with Crippen LogP contribution in [0.3, 0.4) is 0 Å². The molecular weight excluding hydrogens is 204 g/mol. The van der Waals surface area contributed by atoms with Crippen LogP contribution >= 0.6 is 0 Å². The topological polar surface area (TPSA) is 75.4 Å². The molecule has 96 valence electrons. The number of carbonyl (C=O) groups is 1. The molecule has 0 aliphatic heterocycles. The fraction of sp³-hybridized carbons (Fsp3) is 0.917. The van der Waals surface area contributed by atoms with Gasteiger partial charge in [-0.2, -0.15) is 0 Å². The number of nitrogens with two attached hydrogens (primary N) is 1. The van der Waals surface area contributed by atoms with E-state index in [1.807, 2.05) is 6.92 Å². The zero-order valence-corrected chi connectivity index (χ0v) is 10.7. The summed E-state index contributed by atoms with van der Waals surface area (Å²) in [5, 5.41) is 11.6. The maximum Gasteiger partial charge on any atom is 0.224 e. The summed E-state index contributed by atoms with van der Waals surface area (Å²) >= 11 is 0. The van der Waals surface area contributed by atoms with Gasteiger partial charge in [0.1, 0.15) is 0 Å². The molecule has 0 rings (SSSR count). The molecule has 0 aromatic heterocycles. The van der Waals surface area contributed by atoms with Crippen LogP contribution in [0.25, 0.3) is 0 Å². The molecule has 0 aromatic rings. The summed E-state index contributed by atoms with van der Waals surface area (Å²) in [5.41, 5.74) is 5.59. The van der Waals surface area contributed by atoms with Gasteiger partial charge in [0.15, 0.2) is 0 Å². The number of hydrogen-bond donors (Lipinski definition) is 3. The van der Waals surface area contributed by atoms with Crippen molar-refractivity contribution in [3.05, 3.63) is 0 Å². The predicted octanol–water partition coefficient (Wildman–Crippen LogP) is 0.742. The minimum atomic E-state index is -0.0821. The van der Waals surface area contributed by atoms with Gasteiger partial charge in [-0.1, -0.05) is 20.8 Å². The molecule has 0 heterocycles. The summed E-state index contributed by atoms with van der Waals surface area (Å²) in [7, 11) is 0. The second-order valence-electron chi connectivity index (χ2n) is 4.92. The molecule has 0 aliphatic rings. The first-order valence-electron chi connectivity index (χ1n) is 6.09. The summed E-state index contributed by atoms with van der Waals surface area (Å²) in [4.78, 5) is 11.8. The van der Waals surface area contributed by atoms with Gasteiger partial charge in [-0.15, -0.1) is 0 Å². The van der Waals surface area contributed by atoms with Gasteiger partial charge in [-0.25, -0.2) is 0 Å². The lowest BCUT2D eigenvalue weighted by Crippen LogP contribution is -2.38. The molecule has 1 amide bonds. The van der Waals surface area contributed by atoms with Gasteiger partial charge in [0.05, 0.1) is 5.92 Å². The summed E-state index contributed by atoms with van der Waals surface area (Å²) in [6.45, 7) is 7.38. The fourth-order valence-electron chi connectivity index (χ4n) is 1.62. The summed E-state index contributed by atoms with van der Waals surface area (Å²) in [6, 6.07) is 0. The molecule has 2 unspecified atom stereocenters. The van der Waals surface area contributed by atoms with E-state index in [9.17, 15) is 4.79 Å². The highest BCUT2D eigenvalue weighted by Gasteiger charge is 2.18. The van der Waals surface area contributed by atoms with Crippen molar-refractivity contribution in [3.63, 3.8) is 0 Å². The second-order valence-corrected chi connectivity index (χ2v) is 4.92. The Morgan fingerprint density at radius 1 is 1.38 bits per heavy atom. The zero-order chi connectivity index (χ0) is 12.6. The molecule has 0 aliphatic carbocycles. The van der Waals surface area contributed by atoms with Crippen molar-refractivity contribution in [2.75, 3.05) is 19.7 Å². The SMILES string of the molecule is CC(C)CC(CN)C(=O)NCC(C)CCO. The van der Waals surface area contributed by atoms with E-state index in [4.69, 9.17) is 10.8 Å². The number of rotatable bonds is 8. The van der Waals surface area contributed by atoms with Crippen molar-refractivity contribution in [2.45, 2.75) is 33.6 Å². The van der Waals surface area contributed by atoms with Crippen molar-refractivity contribution in [1.82, 2.24) is 5.32 Å². The first-order valence-corrected chi connectivity index (χ1v) is 6.09. The largest absolute Gasteiger partial charge is 0.396 e. The van der Waals surface area contributed by atoms with E-state index in [0.717, 1.165) is 12.8 Å². The molecule has 2 atom stereocenters. The smallest absolute Gasteiger partial charge is 0.224 e. The van der Waals surface area contributed by atoms with Crippen LogP contribution in [-0.4, -0.2) is 30.7 Å². The molecule has 0 fully saturated rings. The van der Waals surface area contributed by atoms with Crippen molar-refractivity contribution < 1.29 is 9.90 Å². The maximum absolute atomic E-state index is 11.8. The highest BCUT2D eigenvalue weighted by atomic mass is 16.3. The molecule has 4 nitrogen and oxygen atoms in total. The summed E-state index contributed by atoms with van der Waals surface area (Å²) < 4.78 is 0. The summed E-state index contributed by atoms with van der Waals surface area (Å²) in [5.74, 6) is 0.753. The third kappa shape index (κ3) is 6.80. The lowest BCUT2D eigenvalue weighted by atomic mass is 9.96. The highest BCUT2D eigenvalue weighted by Crippen LogP contribution is 2.10. The number of hydrogen-bond acceptors (Lipinski definition) is 3. The highest BCUT2D eigenvalue weighted by molar-refractivity contribution is 5.78. The van der Waals surface area contributed by atoms with Gasteiger partial charge in [0.2, 0.25) is 5.91 Å². The fourth-order valence-corrected chi connectivity index (χ4v) is 1.62. The maximum atomic E-state index is 11.8. The lowest BCUT2D eigenvalue weighted by Gasteiger charge is -2.18. The first kappa shape index (κ1) is 15.4. The molecular formula is C12H26N2O2. The van der Waals surface area contributed by atoms with Crippen molar-refractivity contribution in [3.8, 4) is 0 Å². The van der Waals surface area contributed by atoms with Crippen LogP contribution in [0.4, 0.5) is 0 Å². The van der Waals surface area contributed by atoms with Gasteiger partial charge in [-0.3, -0.25) is 4.79 Å². The van der Waals surface area contributed by atoms with Crippen LogP contribution in [-0.2, 0) is 4.79 Å².